The zero-order valence-electron chi connectivity index (χ0n) is 11.0. The summed E-state index contributed by atoms with van der Waals surface area (Å²) < 4.78 is 0. The van der Waals surface area contributed by atoms with Crippen LogP contribution >= 0.6 is 0 Å². The van der Waals surface area contributed by atoms with Crippen molar-refractivity contribution in [2.24, 2.45) is 5.92 Å². The highest BCUT2D eigenvalue weighted by atomic mass is 16.3. The maximum Gasteiger partial charge on any atom is 0.246 e. The first-order chi connectivity index (χ1) is 9.19. The smallest absolute Gasteiger partial charge is 0.246 e. The molecule has 2 rings (SSSR count). The van der Waals surface area contributed by atoms with E-state index in [2.05, 4.69) is 0 Å². The molecule has 1 unspecified atom stereocenters. The van der Waals surface area contributed by atoms with Gasteiger partial charge >= 0.3 is 0 Å². The van der Waals surface area contributed by atoms with Crippen LogP contribution in [0.25, 0.3) is 6.08 Å². The molecule has 1 heterocycles. The van der Waals surface area contributed by atoms with Gasteiger partial charge in [-0.2, -0.15) is 0 Å². The van der Waals surface area contributed by atoms with Crippen molar-refractivity contribution in [2.45, 2.75) is 12.8 Å². The van der Waals surface area contributed by atoms with Crippen LogP contribution in [-0.2, 0) is 4.79 Å². The summed E-state index contributed by atoms with van der Waals surface area (Å²) in [5.74, 6) is 0.234. The number of aliphatic hydroxyl groups is 1. The van der Waals surface area contributed by atoms with Gasteiger partial charge in [-0.3, -0.25) is 4.79 Å². The van der Waals surface area contributed by atoms with Crippen LogP contribution in [0.2, 0.25) is 0 Å². The van der Waals surface area contributed by atoms with E-state index >= 15 is 0 Å². The minimum absolute atomic E-state index is 0.00924. The quantitative estimate of drug-likeness (QED) is 0.639. The van der Waals surface area contributed by atoms with Crippen LogP contribution in [0.5, 0.6) is 0 Å². The predicted molar refractivity (Wildman–Crippen MR) is 76.3 cm³/mol. The van der Waals surface area contributed by atoms with Crippen molar-refractivity contribution in [3.63, 3.8) is 0 Å². The largest absolute Gasteiger partial charge is 0.399 e. The Kier molecular flexibility index (Phi) is 4.58. The zero-order valence-corrected chi connectivity index (χ0v) is 11.0. The van der Waals surface area contributed by atoms with Gasteiger partial charge in [0.25, 0.3) is 0 Å². The monoisotopic (exact) mass is 260 g/mol. The van der Waals surface area contributed by atoms with Gasteiger partial charge in [0, 0.05) is 31.5 Å². The van der Waals surface area contributed by atoms with Gasteiger partial charge in [0.05, 0.1) is 0 Å². The average Bonchev–Trinajstić information content (AvgIpc) is 2.46. The Balaban J connectivity index is 1.94. The summed E-state index contributed by atoms with van der Waals surface area (Å²) in [5.41, 5.74) is 7.28. The zero-order chi connectivity index (χ0) is 13.7. The van der Waals surface area contributed by atoms with Gasteiger partial charge < -0.3 is 15.7 Å². The molecule has 0 radical (unpaired) electrons. The second-order valence-electron chi connectivity index (χ2n) is 4.98. The van der Waals surface area contributed by atoms with E-state index in [1.807, 2.05) is 24.3 Å². The lowest BCUT2D eigenvalue weighted by Crippen LogP contribution is -2.40. The minimum Gasteiger partial charge on any atom is -0.399 e. The van der Waals surface area contributed by atoms with Gasteiger partial charge in [0.15, 0.2) is 0 Å². The molecule has 4 nitrogen and oxygen atoms in total. The summed E-state index contributed by atoms with van der Waals surface area (Å²) in [6, 6.07) is 7.39. The normalized spacial score (nSPS) is 19.8. The molecule has 1 amide bonds. The molecule has 1 saturated heterocycles. The fourth-order valence-electron chi connectivity index (χ4n) is 2.29. The number of anilines is 1. The Labute approximate surface area is 113 Å². The molecule has 1 fully saturated rings. The van der Waals surface area contributed by atoms with E-state index in [0.29, 0.717) is 12.2 Å². The highest BCUT2D eigenvalue weighted by Gasteiger charge is 2.21. The SMILES string of the molecule is Nc1ccc(/C=C/C(=O)N2CCCC(CO)C2)cc1. The lowest BCUT2D eigenvalue weighted by atomic mass is 9.99. The lowest BCUT2D eigenvalue weighted by molar-refractivity contribution is -0.127. The summed E-state index contributed by atoms with van der Waals surface area (Å²) in [6.45, 7) is 1.59. The number of nitrogens with two attached hydrogens (primary N) is 1. The number of nitrogen functional groups attached to an aromatic ring is 1. The number of rotatable bonds is 3. The molecule has 102 valence electrons. The molecule has 1 aromatic carbocycles. The fraction of sp³-hybridized carbons (Fsp3) is 0.400. The van der Waals surface area contributed by atoms with Crippen molar-refractivity contribution in [3.8, 4) is 0 Å². The van der Waals surface area contributed by atoms with Crippen LogP contribution in [-0.4, -0.2) is 35.6 Å². The number of amides is 1. The molecule has 0 spiro atoms. The van der Waals surface area contributed by atoms with E-state index in [9.17, 15) is 4.79 Å². The van der Waals surface area contributed by atoms with E-state index in [4.69, 9.17) is 10.8 Å². The molecule has 19 heavy (non-hydrogen) atoms. The van der Waals surface area contributed by atoms with Gasteiger partial charge in [-0.05, 0) is 42.5 Å². The molecule has 0 bridgehead atoms. The third-order valence-electron chi connectivity index (χ3n) is 3.44. The first-order valence-corrected chi connectivity index (χ1v) is 6.62. The van der Waals surface area contributed by atoms with E-state index in [-0.39, 0.29) is 18.4 Å². The molecular formula is C15H20N2O2. The Morgan fingerprint density at radius 3 is 2.84 bits per heavy atom. The number of nitrogens with zero attached hydrogens (tertiary/aromatic N) is 1. The van der Waals surface area contributed by atoms with E-state index in [0.717, 1.165) is 24.9 Å². The Bertz CT molecular complexity index is 454. The van der Waals surface area contributed by atoms with Crippen LogP contribution in [0.1, 0.15) is 18.4 Å². The summed E-state index contributed by atoms with van der Waals surface area (Å²) in [7, 11) is 0. The second-order valence-corrected chi connectivity index (χ2v) is 4.98. The van der Waals surface area contributed by atoms with Gasteiger partial charge in [-0.15, -0.1) is 0 Å². The fourth-order valence-corrected chi connectivity index (χ4v) is 2.29. The van der Waals surface area contributed by atoms with Crippen LogP contribution in [0.3, 0.4) is 0 Å². The van der Waals surface area contributed by atoms with E-state index in [1.54, 1.807) is 17.1 Å². The van der Waals surface area contributed by atoms with Crippen molar-refractivity contribution in [1.29, 1.82) is 0 Å². The number of piperidine rings is 1. The Morgan fingerprint density at radius 2 is 2.16 bits per heavy atom. The number of carbonyl (C=O) groups is 1. The highest BCUT2D eigenvalue weighted by Crippen LogP contribution is 2.16. The third-order valence-corrected chi connectivity index (χ3v) is 3.44. The van der Waals surface area contributed by atoms with Gasteiger partial charge in [-0.1, -0.05) is 12.1 Å². The Morgan fingerprint density at radius 1 is 1.42 bits per heavy atom. The van der Waals surface area contributed by atoms with E-state index < -0.39 is 0 Å². The van der Waals surface area contributed by atoms with E-state index in [1.165, 1.54) is 0 Å². The van der Waals surface area contributed by atoms with Gasteiger partial charge in [-0.25, -0.2) is 0 Å². The molecular weight excluding hydrogens is 240 g/mol. The molecule has 3 N–H and O–H groups in total. The molecule has 1 atom stereocenters. The topological polar surface area (TPSA) is 66.6 Å². The summed E-state index contributed by atoms with van der Waals surface area (Å²) in [5, 5.41) is 9.16. The summed E-state index contributed by atoms with van der Waals surface area (Å²) in [4.78, 5) is 13.8. The lowest BCUT2D eigenvalue weighted by Gasteiger charge is -2.31. The third kappa shape index (κ3) is 3.83. The predicted octanol–water partition coefficient (Wildman–Crippen LogP) is 1.51. The van der Waals surface area contributed by atoms with Crippen molar-refractivity contribution < 1.29 is 9.90 Å². The number of benzene rings is 1. The summed E-state index contributed by atoms with van der Waals surface area (Å²) >= 11 is 0. The number of likely N-dealkylation sites (tertiary alicyclic amines) is 1. The van der Waals surface area contributed by atoms with Crippen molar-refractivity contribution >= 4 is 17.7 Å². The molecule has 1 aliphatic heterocycles. The highest BCUT2D eigenvalue weighted by molar-refractivity contribution is 5.91. The molecule has 1 aromatic rings. The van der Waals surface area contributed by atoms with Crippen molar-refractivity contribution in [2.75, 3.05) is 25.4 Å². The maximum absolute atomic E-state index is 12.0. The Hall–Kier alpha value is -1.81. The number of aliphatic hydroxyl groups excluding tert-OH is 1. The number of carbonyl (C=O) groups excluding carboxylic acids is 1. The van der Waals surface area contributed by atoms with Gasteiger partial charge in [0.2, 0.25) is 5.91 Å². The maximum atomic E-state index is 12.0. The summed E-state index contributed by atoms with van der Waals surface area (Å²) in [6.07, 6.45) is 5.35. The van der Waals surface area contributed by atoms with Crippen molar-refractivity contribution in [1.82, 2.24) is 4.90 Å². The molecule has 0 aliphatic carbocycles. The first kappa shape index (κ1) is 13.6. The van der Waals surface area contributed by atoms with Crippen molar-refractivity contribution in [3.05, 3.63) is 35.9 Å². The van der Waals surface area contributed by atoms with Crippen LogP contribution in [0.4, 0.5) is 5.69 Å². The first-order valence-electron chi connectivity index (χ1n) is 6.62. The average molecular weight is 260 g/mol. The second kappa shape index (κ2) is 6.38. The van der Waals surface area contributed by atoms with Crippen LogP contribution in [0.15, 0.2) is 30.3 Å². The van der Waals surface area contributed by atoms with Gasteiger partial charge in [0.1, 0.15) is 0 Å². The minimum atomic E-state index is 0.00924. The number of hydrogen-bond acceptors (Lipinski definition) is 3. The molecule has 4 heteroatoms. The molecule has 1 aliphatic rings. The molecule has 0 aromatic heterocycles. The molecule has 0 saturated carbocycles. The van der Waals surface area contributed by atoms with Crippen LogP contribution in [0, 0.1) is 5.92 Å². The number of hydrogen-bond donors (Lipinski definition) is 2. The standard InChI is InChI=1S/C15H20N2O2/c16-14-6-3-12(4-7-14)5-8-15(19)17-9-1-2-13(10-17)11-18/h3-8,13,18H,1-2,9-11,16H2/b8-5+. The van der Waals surface area contributed by atoms with Crippen LogP contribution < -0.4 is 5.73 Å².